The maximum atomic E-state index is 13.2. The van der Waals surface area contributed by atoms with Gasteiger partial charge < -0.3 is 19.2 Å². The molecule has 0 radical (unpaired) electrons. The quantitative estimate of drug-likeness (QED) is 0.777. The summed E-state index contributed by atoms with van der Waals surface area (Å²) in [5, 5.41) is 8.24. The lowest BCUT2D eigenvalue weighted by Crippen LogP contribution is -2.41. The Morgan fingerprint density at radius 2 is 2.29 bits per heavy atom. The summed E-state index contributed by atoms with van der Waals surface area (Å²) in [6.07, 6.45) is 3.42. The summed E-state index contributed by atoms with van der Waals surface area (Å²) in [5.41, 5.74) is 0.680. The molecule has 1 fully saturated rings. The fraction of sp³-hybridized carbons (Fsp3) is 0.353. The van der Waals surface area contributed by atoms with Crippen LogP contribution < -0.4 is 10.1 Å². The highest BCUT2D eigenvalue weighted by Crippen LogP contribution is 2.21. The molecule has 126 valence electrons. The van der Waals surface area contributed by atoms with Crippen LogP contribution in [-0.4, -0.2) is 35.1 Å². The van der Waals surface area contributed by atoms with E-state index in [1.165, 1.54) is 12.1 Å². The predicted molar refractivity (Wildman–Crippen MR) is 85.2 cm³/mol. The molecule has 2 atom stereocenters. The van der Waals surface area contributed by atoms with Gasteiger partial charge in [-0.1, -0.05) is 0 Å². The minimum Gasteiger partial charge on any atom is -0.483 e. The normalized spacial score (nSPS) is 20.8. The van der Waals surface area contributed by atoms with E-state index in [1.54, 1.807) is 16.9 Å². The van der Waals surface area contributed by atoms with E-state index in [1.807, 2.05) is 19.3 Å². The Balaban J connectivity index is 1.40. The van der Waals surface area contributed by atoms with E-state index in [0.29, 0.717) is 25.3 Å². The van der Waals surface area contributed by atoms with E-state index >= 15 is 0 Å². The molecule has 1 aliphatic rings. The van der Waals surface area contributed by atoms with Crippen molar-refractivity contribution in [2.45, 2.75) is 18.7 Å². The lowest BCUT2D eigenvalue weighted by Gasteiger charge is -2.19. The highest BCUT2D eigenvalue weighted by Gasteiger charge is 2.30. The van der Waals surface area contributed by atoms with Crippen molar-refractivity contribution in [1.82, 2.24) is 15.1 Å². The number of rotatable bonds is 5. The highest BCUT2D eigenvalue weighted by atomic mass is 19.1. The topological polar surface area (TPSA) is 61.5 Å². The summed E-state index contributed by atoms with van der Waals surface area (Å²) in [6, 6.07) is 6.40. The summed E-state index contributed by atoms with van der Waals surface area (Å²) < 4.78 is 32.1. The minimum absolute atomic E-state index is 0.0511. The zero-order valence-electron chi connectivity index (χ0n) is 13.2. The van der Waals surface area contributed by atoms with Crippen LogP contribution in [0.2, 0.25) is 0 Å². The van der Waals surface area contributed by atoms with Gasteiger partial charge in [0.05, 0.1) is 38.2 Å². The van der Waals surface area contributed by atoms with Gasteiger partial charge in [0.2, 0.25) is 0 Å². The molecule has 1 aliphatic heterocycles. The first-order valence-corrected chi connectivity index (χ1v) is 7.82. The van der Waals surface area contributed by atoms with Crippen LogP contribution in [0.1, 0.15) is 5.76 Å². The summed E-state index contributed by atoms with van der Waals surface area (Å²) >= 11 is 0. The Hall–Kier alpha value is -2.38. The van der Waals surface area contributed by atoms with E-state index in [2.05, 4.69) is 10.4 Å². The summed E-state index contributed by atoms with van der Waals surface area (Å²) in [7, 11) is 1.85. The van der Waals surface area contributed by atoms with Gasteiger partial charge in [-0.15, -0.1) is 0 Å². The number of ether oxygens (including phenoxy) is 2. The van der Waals surface area contributed by atoms with Crippen LogP contribution in [-0.2, 0) is 18.3 Å². The summed E-state index contributed by atoms with van der Waals surface area (Å²) in [6.45, 7) is 1.62. The van der Waals surface area contributed by atoms with Gasteiger partial charge in [0, 0.05) is 12.4 Å². The number of hydrogen-bond acceptors (Lipinski definition) is 5. The smallest absolute Gasteiger partial charge is 0.157 e. The van der Waals surface area contributed by atoms with Gasteiger partial charge in [0.1, 0.15) is 23.3 Å². The van der Waals surface area contributed by atoms with Crippen LogP contribution in [0.15, 0.2) is 41.1 Å². The lowest BCUT2D eigenvalue weighted by atomic mass is 10.2. The number of halogens is 1. The molecule has 1 saturated heterocycles. The molecular weight excluding hydrogens is 313 g/mol. The number of aromatic nitrogens is 2. The van der Waals surface area contributed by atoms with Gasteiger partial charge in [-0.3, -0.25) is 4.68 Å². The number of aryl methyl sites for hydroxylation is 1. The second kappa shape index (κ2) is 6.26. The van der Waals surface area contributed by atoms with Crippen molar-refractivity contribution < 1.29 is 18.3 Å². The number of nitrogens with one attached hydrogen (secondary N) is 1. The van der Waals surface area contributed by atoms with Gasteiger partial charge in [-0.2, -0.15) is 5.10 Å². The Bertz CT molecular complexity index is 845. The Morgan fingerprint density at radius 3 is 3.12 bits per heavy atom. The second-order valence-electron chi connectivity index (χ2n) is 5.93. The van der Waals surface area contributed by atoms with Gasteiger partial charge >= 0.3 is 0 Å². The van der Waals surface area contributed by atoms with E-state index < -0.39 is 0 Å². The first kappa shape index (κ1) is 15.2. The van der Waals surface area contributed by atoms with Crippen molar-refractivity contribution in [2.24, 2.45) is 7.05 Å². The fourth-order valence-electron chi connectivity index (χ4n) is 2.86. The molecule has 1 N–H and O–H groups in total. The van der Waals surface area contributed by atoms with Crippen molar-refractivity contribution >= 4 is 11.0 Å². The zero-order chi connectivity index (χ0) is 16.5. The SMILES string of the molecule is Cn1cc(O[C@@H]2COC[C@@H]2NCc2cc3cc(F)ccc3o2)cn1. The first-order chi connectivity index (χ1) is 11.7. The third-order valence-electron chi connectivity index (χ3n) is 4.06. The van der Waals surface area contributed by atoms with Crippen LogP contribution in [0.4, 0.5) is 4.39 Å². The lowest BCUT2D eigenvalue weighted by molar-refractivity contribution is 0.139. The Labute approximate surface area is 138 Å². The van der Waals surface area contributed by atoms with Crippen LogP contribution in [0, 0.1) is 5.82 Å². The van der Waals surface area contributed by atoms with Crippen molar-refractivity contribution in [1.29, 1.82) is 0 Å². The molecule has 3 heterocycles. The number of benzene rings is 1. The monoisotopic (exact) mass is 331 g/mol. The average Bonchev–Trinajstić information content (AvgIpc) is 3.25. The van der Waals surface area contributed by atoms with Crippen LogP contribution >= 0.6 is 0 Å². The summed E-state index contributed by atoms with van der Waals surface area (Å²) in [4.78, 5) is 0. The molecule has 7 heteroatoms. The molecule has 4 rings (SSSR count). The van der Waals surface area contributed by atoms with Gasteiger partial charge in [-0.05, 0) is 24.3 Å². The molecule has 0 aliphatic carbocycles. The van der Waals surface area contributed by atoms with E-state index in [9.17, 15) is 4.39 Å². The molecule has 0 saturated carbocycles. The molecule has 6 nitrogen and oxygen atoms in total. The van der Waals surface area contributed by atoms with Crippen molar-refractivity contribution in [3.05, 3.63) is 48.2 Å². The number of hydrogen-bond donors (Lipinski definition) is 1. The van der Waals surface area contributed by atoms with Gasteiger partial charge in [0.25, 0.3) is 0 Å². The third kappa shape index (κ3) is 3.13. The molecule has 1 aromatic carbocycles. The molecule has 0 bridgehead atoms. The van der Waals surface area contributed by atoms with Crippen LogP contribution in [0.3, 0.4) is 0 Å². The first-order valence-electron chi connectivity index (χ1n) is 7.82. The maximum absolute atomic E-state index is 13.2. The molecule has 2 aromatic heterocycles. The fourth-order valence-corrected chi connectivity index (χ4v) is 2.86. The molecule has 3 aromatic rings. The largest absolute Gasteiger partial charge is 0.483 e. The number of nitrogens with zero attached hydrogens (tertiary/aromatic N) is 2. The summed E-state index contributed by atoms with van der Waals surface area (Å²) in [5.74, 6) is 1.21. The van der Waals surface area contributed by atoms with Crippen LogP contribution in [0.5, 0.6) is 5.75 Å². The van der Waals surface area contributed by atoms with Gasteiger partial charge in [0.15, 0.2) is 5.75 Å². The average molecular weight is 331 g/mol. The van der Waals surface area contributed by atoms with E-state index in [4.69, 9.17) is 13.9 Å². The predicted octanol–water partition coefficient (Wildman–Crippen LogP) is 2.24. The Kier molecular flexibility index (Phi) is 3.95. The molecule has 24 heavy (non-hydrogen) atoms. The van der Waals surface area contributed by atoms with Crippen molar-refractivity contribution in [3.8, 4) is 5.75 Å². The molecule has 0 spiro atoms. The van der Waals surface area contributed by atoms with Crippen LogP contribution in [0.25, 0.3) is 11.0 Å². The maximum Gasteiger partial charge on any atom is 0.157 e. The van der Waals surface area contributed by atoms with Crippen molar-refractivity contribution in [3.63, 3.8) is 0 Å². The minimum atomic E-state index is -0.267. The molecular formula is C17H18FN3O3. The van der Waals surface area contributed by atoms with E-state index in [0.717, 1.165) is 16.9 Å². The second-order valence-corrected chi connectivity index (χ2v) is 5.93. The third-order valence-corrected chi connectivity index (χ3v) is 4.06. The number of fused-ring (bicyclic) bond motifs is 1. The van der Waals surface area contributed by atoms with Crippen molar-refractivity contribution in [2.75, 3.05) is 13.2 Å². The molecule has 0 unspecified atom stereocenters. The van der Waals surface area contributed by atoms with E-state index in [-0.39, 0.29) is 18.0 Å². The highest BCUT2D eigenvalue weighted by molar-refractivity contribution is 5.77. The Morgan fingerprint density at radius 1 is 1.38 bits per heavy atom. The molecule has 0 amide bonds. The van der Waals surface area contributed by atoms with Gasteiger partial charge in [-0.25, -0.2) is 4.39 Å². The standard InChI is InChI=1S/C17H18FN3O3/c1-21-8-14(7-20-21)24-17-10-22-9-15(17)19-6-13-5-11-4-12(18)2-3-16(11)23-13/h2-5,7-8,15,17,19H,6,9-10H2,1H3/t15-,17+/m0/s1. The zero-order valence-corrected chi connectivity index (χ0v) is 13.2. The number of furan rings is 1.